The van der Waals surface area contributed by atoms with Crippen molar-refractivity contribution in [3.05, 3.63) is 54.3 Å². The van der Waals surface area contributed by atoms with E-state index in [1.807, 2.05) is 9.13 Å². The van der Waals surface area contributed by atoms with Crippen LogP contribution in [-0.2, 0) is 41.3 Å². The van der Waals surface area contributed by atoms with E-state index >= 15 is 0 Å². The number of rotatable bonds is 20. The minimum Gasteiger partial charge on any atom is -0.323 e. The van der Waals surface area contributed by atoms with E-state index in [0.29, 0.717) is 35.4 Å². The lowest BCUT2D eigenvalue weighted by Gasteiger charge is -2.37. The number of fused-ring (bicyclic) bond motifs is 2. The molecule has 14 heteroatoms. The van der Waals surface area contributed by atoms with E-state index in [1.54, 1.807) is 26.7 Å². The first-order valence-corrected chi connectivity index (χ1v) is 18.3. The Balaban J connectivity index is 1.20. The maximum absolute atomic E-state index is 12.9. The molecule has 0 aliphatic heterocycles. The fraction of sp³-hybridized carbons (Fsp3) is 0.714. The molecule has 14 nitrogen and oxygen atoms in total. The highest BCUT2D eigenvalue weighted by atomic mass is 16.2. The Morgan fingerprint density at radius 3 is 1.14 bits per heavy atom. The van der Waals surface area contributed by atoms with E-state index < -0.39 is 0 Å². The maximum atomic E-state index is 12.9. The van der Waals surface area contributed by atoms with Crippen LogP contribution in [0, 0.1) is 0 Å². The summed E-state index contributed by atoms with van der Waals surface area (Å²) in [4.78, 5) is 59.2. The molecule has 0 saturated carbocycles. The highest BCUT2D eigenvalue weighted by molar-refractivity contribution is 5.70. The summed E-state index contributed by atoms with van der Waals surface area (Å²) in [5.41, 5.74) is 0.593. The number of hydrogen-bond acceptors (Lipinski definition) is 6. The third kappa shape index (κ3) is 7.85. The summed E-state index contributed by atoms with van der Waals surface area (Å²) >= 11 is 0. The molecule has 0 saturated heterocycles. The SMILES string of the molecule is CC[N+](CC)(CCCCCCCCC[N+](CC)(CC)CCn1cnc2c1c(=O)n(C)c(=O)n2C)CCn1cnc2c1c(=O)n(C)c(=O)n2C. The minimum atomic E-state index is -0.355. The number of hydrogen-bond donors (Lipinski definition) is 0. The zero-order chi connectivity index (χ0) is 35.9. The highest BCUT2D eigenvalue weighted by Crippen LogP contribution is 2.17. The lowest BCUT2D eigenvalue weighted by atomic mass is 10.1. The second-order valence-corrected chi connectivity index (χ2v) is 13.9. The van der Waals surface area contributed by atoms with Gasteiger partial charge in [-0.25, -0.2) is 19.6 Å². The zero-order valence-electron chi connectivity index (χ0n) is 31.3. The Morgan fingerprint density at radius 1 is 0.490 bits per heavy atom. The van der Waals surface area contributed by atoms with Crippen molar-refractivity contribution in [2.75, 3.05) is 52.4 Å². The smallest absolute Gasteiger partial charge is 0.323 e. The van der Waals surface area contributed by atoms with Crippen molar-refractivity contribution in [2.24, 2.45) is 28.2 Å². The molecule has 49 heavy (non-hydrogen) atoms. The van der Waals surface area contributed by atoms with Crippen LogP contribution in [0.15, 0.2) is 31.8 Å². The molecule has 272 valence electrons. The summed E-state index contributed by atoms with van der Waals surface area (Å²) in [6.45, 7) is 18.7. The van der Waals surface area contributed by atoms with Gasteiger partial charge in [0.05, 0.1) is 78.1 Å². The fourth-order valence-electron chi connectivity index (χ4n) is 7.49. The van der Waals surface area contributed by atoms with Crippen molar-refractivity contribution in [1.82, 2.24) is 37.4 Å². The first-order chi connectivity index (χ1) is 23.4. The minimum absolute atomic E-state index is 0.290. The number of likely N-dealkylation sites (N-methyl/N-ethyl adjacent to an activating group) is 2. The Morgan fingerprint density at radius 2 is 0.816 bits per heavy atom. The van der Waals surface area contributed by atoms with Crippen molar-refractivity contribution in [2.45, 2.75) is 85.7 Å². The molecule has 4 aromatic rings. The van der Waals surface area contributed by atoms with Gasteiger partial charge in [0.2, 0.25) is 0 Å². The second-order valence-electron chi connectivity index (χ2n) is 13.9. The average Bonchev–Trinajstić information content (AvgIpc) is 3.75. The molecule has 0 aliphatic rings. The third-order valence-corrected chi connectivity index (χ3v) is 11.5. The average molecular weight is 685 g/mol. The van der Waals surface area contributed by atoms with Crippen LogP contribution in [0.5, 0.6) is 0 Å². The van der Waals surface area contributed by atoms with Gasteiger partial charge in [-0.1, -0.05) is 19.3 Å². The van der Waals surface area contributed by atoms with Gasteiger partial charge in [-0.2, -0.15) is 0 Å². The van der Waals surface area contributed by atoms with Crippen LogP contribution in [0.1, 0.15) is 72.6 Å². The Kier molecular flexibility index (Phi) is 12.6. The number of nitrogens with zero attached hydrogens (tertiary/aromatic N) is 10. The van der Waals surface area contributed by atoms with Gasteiger partial charge in [0.25, 0.3) is 11.1 Å². The zero-order valence-corrected chi connectivity index (χ0v) is 31.3. The molecule has 0 radical (unpaired) electrons. The Hall–Kier alpha value is -3.78. The summed E-state index contributed by atoms with van der Waals surface area (Å²) in [6, 6.07) is 0. The summed E-state index contributed by atoms with van der Waals surface area (Å²) in [7, 11) is 6.36. The van der Waals surface area contributed by atoms with Crippen LogP contribution < -0.4 is 22.5 Å². The monoisotopic (exact) mass is 684 g/mol. The van der Waals surface area contributed by atoms with Crippen LogP contribution in [0.25, 0.3) is 22.3 Å². The van der Waals surface area contributed by atoms with E-state index in [2.05, 4.69) is 37.7 Å². The van der Waals surface area contributed by atoms with Crippen molar-refractivity contribution in [1.29, 1.82) is 0 Å². The maximum Gasteiger partial charge on any atom is 0.332 e. The molecule has 0 spiro atoms. The van der Waals surface area contributed by atoms with Gasteiger partial charge in [-0.05, 0) is 53.4 Å². The van der Waals surface area contributed by atoms with Crippen LogP contribution in [-0.4, -0.2) is 98.7 Å². The molecule has 4 aromatic heterocycles. The Labute approximate surface area is 289 Å². The van der Waals surface area contributed by atoms with Crippen LogP contribution in [0.2, 0.25) is 0 Å². The predicted octanol–water partition coefficient (Wildman–Crippen LogP) is 2.32. The second kappa shape index (κ2) is 16.3. The van der Waals surface area contributed by atoms with E-state index in [9.17, 15) is 19.2 Å². The van der Waals surface area contributed by atoms with Gasteiger partial charge in [-0.15, -0.1) is 0 Å². The molecule has 4 heterocycles. The van der Waals surface area contributed by atoms with Gasteiger partial charge in [-0.3, -0.25) is 27.9 Å². The summed E-state index contributed by atoms with van der Waals surface area (Å²) < 4.78 is 11.1. The summed E-state index contributed by atoms with van der Waals surface area (Å²) in [5, 5.41) is 0. The predicted molar refractivity (Wildman–Crippen MR) is 195 cm³/mol. The number of unbranched alkanes of at least 4 members (excludes halogenated alkanes) is 6. The normalized spacial score (nSPS) is 12.6. The van der Waals surface area contributed by atoms with E-state index in [0.717, 1.165) is 70.5 Å². The molecule has 0 amide bonds. The van der Waals surface area contributed by atoms with Gasteiger partial charge in [0.1, 0.15) is 0 Å². The molecule has 0 unspecified atom stereocenters. The summed E-state index contributed by atoms with van der Waals surface area (Å²) in [6.07, 6.45) is 12.0. The molecular formula is C35H60N10O4+2. The molecule has 0 aliphatic carbocycles. The quantitative estimate of drug-likeness (QED) is 0.104. The standard InChI is InChI=1S/C35H60N10O4/c1-9-44(10-2,24-20-42-26-36-30-28(42)32(46)40(7)34(48)38(30)5)22-18-16-14-13-15-17-19-23-45(11-3,12-4)25-21-43-27-37-31-29(43)33(47)41(8)35(49)39(31)6/h26-27H,9-25H2,1-8H3/q+2. The molecule has 0 atom stereocenters. The first kappa shape index (κ1) is 38.0. The Bertz CT molecular complexity index is 1810. The highest BCUT2D eigenvalue weighted by Gasteiger charge is 2.25. The number of aryl methyl sites for hydroxylation is 2. The van der Waals surface area contributed by atoms with Crippen molar-refractivity contribution in [3.8, 4) is 0 Å². The van der Waals surface area contributed by atoms with Crippen molar-refractivity contribution < 1.29 is 8.97 Å². The largest absolute Gasteiger partial charge is 0.332 e. The van der Waals surface area contributed by atoms with E-state index in [4.69, 9.17) is 0 Å². The van der Waals surface area contributed by atoms with E-state index in [-0.39, 0.29) is 22.5 Å². The van der Waals surface area contributed by atoms with Crippen LogP contribution >= 0.6 is 0 Å². The van der Waals surface area contributed by atoms with Gasteiger partial charge in [0.15, 0.2) is 22.3 Å². The molecule has 0 aromatic carbocycles. The van der Waals surface area contributed by atoms with Crippen molar-refractivity contribution in [3.63, 3.8) is 0 Å². The fourth-order valence-corrected chi connectivity index (χ4v) is 7.49. The van der Waals surface area contributed by atoms with Crippen molar-refractivity contribution >= 4 is 22.3 Å². The molecule has 0 N–H and O–H groups in total. The number of imidazole rings is 2. The topological polar surface area (TPSA) is 124 Å². The lowest BCUT2D eigenvalue weighted by molar-refractivity contribution is -0.925. The molecule has 0 fully saturated rings. The molecule has 4 rings (SSSR count). The lowest BCUT2D eigenvalue weighted by Crippen LogP contribution is -2.50. The van der Waals surface area contributed by atoms with E-state index in [1.165, 1.54) is 68.2 Å². The molecule has 0 bridgehead atoms. The van der Waals surface area contributed by atoms with Gasteiger partial charge in [0, 0.05) is 28.2 Å². The molecular weight excluding hydrogens is 624 g/mol. The van der Waals surface area contributed by atoms with Crippen LogP contribution in [0.4, 0.5) is 0 Å². The number of quaternary nitrogens is 2. The third-order valence-electron chi connectivity index (χ3n) is 11.5. The van der Waals surface area contributed by atoms with Gasteiger partial charge < -0.3 is 18.1 Å². The van der Waals surface area contributed by atoms with Gasteiger partial charge >= 0.3 is 11.4 Å². The first-order valence-electron chi connectivity index (χ1n) is 18.3. The van der Waals surface area contributed by atoms with Crippen LogP contribution in [0.3, 0.4) is 0 Å². The number of aromatic nitrogens is 8. The summed E-state index contributed by atoms with van der Waals surface area (Å²) in [5.74, 6) is 0.